The molecule has 7 heteroatoms. The van der Waals surface area contributed by atoms with Gasteiger partial charge < -0.3 is 19.6 Å². The molecule has 0 radical (unpaired) electrons. The fourth-order valence-electron chi connectivity index (χ4n) is 2.10. The van der Waals surface area contributed by atoms with Crippen LogP contribution in [-0.4, -0.2) is 58.3 Å². The van der Waals surface area contributed by atoms with Gasteiger partial charge in [-0.25, -0.2) is 16.5 Å². The van der Waals surface area contributed by atoms with Gasteiger partial charge in [-0.05, 0) is 18.3 Å². The first kappa shape index (κ1) is 6.11. The monoisotopic (exact) mass is 325 g/mol. The molecular formula is C16H20N6O. The van der Waals surface area contributed by atoms with Crippen LogP contribution in [-0.2, 0) is 4.79 Å². The zero-order valence-electron chi connectivity index (χ0n) is 24.9. The van der Waals surface area contributed by atoms with E-state index in [9.17, 15) is 4.79 Å². The van der Waals surface area contributed by atoms with Crippen molar-refractivity contribution in [1.82, 2.24) is 19.9 Å². The van der Waals surface area contributed by atoms with Crippen LogP contribution in [0.25, 0.3) is 15.9 Å². The van der Waals surface area contributed by atoms with Gasteiger partial charge in [0, 0.05) is 37.2 Å². The lowest BCUT2D eigenvalue weighted by Gasteiger charge is -2.41. The number of amides is 1. The molecule has 3 rings (SSSR count). The summed E-state index contributed by atoms with van der Waals surface area (Å²) in [5.74, 6) is -6.07. The second kappa shape index (κ2) is 6.24. The highest BCUT2D eigenvalue weighted by Crippen LogP contribution is 2.28. The summed E-state index contributed by atoms with van der Waals surface area (Å²) in [7, 11) is 1.02. The molecule has 1 amide bonds. The van der Waals surface area contributed by atoms with E-state index < -0.39 is 61.8 Å². The first-order valence-electron chi connectivity index (χ1n) is 12.9. The Bertz CT molecular complexity index is 1250. The number of piperidine rings is 1. The lowest BCUT2D eigenvalue weighted by molar-refractivity contribution is -0.130. The van der Waals surface area contributed by atoms with Crippen molar-refractivity contribution in [2.24, 2.45) is 5.89 Å². The number of rotatable bonds is 3. The van der Waals surface area contributed by atoms with Crippen LogP contribution in [0, 0.1) is 12.5 Å². The fourth-order valence-corrected chi connectivity index (χ4v) is 2.10. The maximum absolute atomic E-state index is 13.0. The lowest BCUT2D eigenvalue weighted by Crippen LogP contribution is -2.53. The Kier molecular flexibility index (Phi) is 1.66. The minimum atomic E-state index is -3.91. The number of anilines is 1. The topological polar surface area (TPSA) is 69.5 Å². The van der Waals surface area contributed by atoms with Crippen LogP contribution < -0.4 is 4.90 Å². The molecule has 1 N–H and O–H groups in total. The van der Waals surface area contributed by atoms with Crippen LogP contribution in [0.4, 0.5) is 5.82 Å². The number of H-pyrrole nitrogens is 1. The third-order valence-corrected chi connectivity index (χ3v) is 3.19. The van der Waals surface area contributed by atoms with Gasteiger partial charge in [0.2, 0.25) is 0 Å². The molecule has 1 aliphatic heterocycles. The van der Waals surface area contributed by atoms with Crippen molar-refractivity contribution in [2.75, 3.05) is 31.4 Å². The van der Waals surface area contributed by atoms with E-state index in [-0.39, 0.29) is 16.9 Å². The highest BCUT2D eigenvalue weighted by molar-refractivity contribution is 5.87. The predicted molar refractivity (Wildman–Crippen MR) is 87.9 cm³/mol. The molecule has 7 nitrogen and oxygen atoms in total. The summed E-state index contributed by atoms with van der Waals surface area (Å²) in [6.45, 7) is -7.83. The Morgan fingerprint density at radius 1 is 1.83 bits per heavy atom. The van der Waals surface area contributed by atoms with E-state index in [4.69, 9.17) is 24.4 Å². The van der Waals surface area contributed by atoms with Gasteiger partial charge in [0.05, 0.1) is 14.2 Å². The Morgan fingerprint density at radius 2 is 2.70 bits per heavy atom. The van der Waals surface area contributed by atoms with Crippen molar-refractivity contribution in [3.05, 3.63) is 30.0 Å². The van der Waals surface area contributed by atoms with E-state index in [0.717, 1.165) is 7.05 Å². The maximum Gasteiger partial charge on any atom is 0.302 e. The van der Waals surface area contributed by atoms with Crippen molar-refractivity contribution < 1.29 is 22.6 Å². The Hall–Kier alpha value is -2.62. The largest absolute Gasteiger partial charge is 0.354 e. The van der Waals surface area contributed by atoms with Gasteiger partial charge in [0.1, 0.15) is 21.9 Å². The van der Waals surface area contributed by atoms with Crippen LogP contribution in [0.1, 0.15) is 31.0 Å². The SMILES string of the molecule is [2H]c1nc(N(C)[C@H]2C([2H])([2H])N(C(=O)C([2H])([2H])[N+]#[C-])C([2H])([2H])C([2H])([2H])[C@@]2([2H])C([2H])([2H])[2H])c2cc[nH]c2n1. The molecule has 1 fully saturated rings. The first-order valence-corrected chi connectivity index (χ1v) is 6.38. The number of nitrogens with one attached hydrogen (secondary N) is 1. The summed E-state index contributed by atoms with van der Waals surface area (Å²) in [6, 6.07) is -1.18. The summed E-state index contributed by atoms with van der Waals surface area (Å²) >= 11 is 0. The number of carbonyl (C=O) groups excluding carboxylic acids is 1. The number of aromatic nitrogens is 3. The van der Waals surface area contributed by atoms with Crippen molar-refractivity contribution in [3.63, 3.8) is 0 Å². The smallest absolute Gasteiger partial charge is 0.302 e. The Labute approximate surface area is 153 Å². The quantitative estimate of drug-likeness (QED) is 0.869. The molecule has 1 aliphatic rings. The highest BCUT2D eigenvalue weighted by Gasteiger charge is 2.33. The van der Waals surface area contributed by atoms with E-state index in [1.165, 1.54) is 12.3 Å². The third-order valence-electron chi connectivity index (χ3n) is 3.19. The number of aromatic amines is 1. The molecule has 0 aliphatic carbocycles. The van der Waals surface area contributed by atoms with Crippen LogP contribution in [0.5, 0.6) is 0 Å². The van der Waals surface area contributed by atoms with Gasteiger partial charge in [0.15, 0.2) is 0 Å². The molecule has 0 saturated carbocycles. The summed E-state index contributed by atoms with van der Waals surface area (Å²) in [5.41, 5.74) is 0.0632. The molecule has 1 saturated heterocycles. The molecule has 2 atom stereocenters. The van der Waals surface area contributed by atoms with E-state index in [1.54, 1.807) is 0 Å². The molecular weight excluding hydrogens is 292 g/mol. The first-order chi connectivity index (χ1) is 16.1. The van der Waals surface area contributed by atoms with Crippen LogP contribution >= 0.6 is 0 Å². The summed E-state index contributed by atoms with van der Waals surface area (Å²) in [6.07, 6.45) is -3.10. The van der Waals surface area contributed by atoms with Gasteiger partial charge in [0.25, 0.3) is 6.50 Å². The Balaban J connectivity index is 2.43. The molecule has 120 valence electrons. The summed E-state index contributed by atoms with van der Waals surface area (Å²) in [4.78, 5) is 26.0. The zero-order chi connectivity index (χ0) is 27.9. The van der Waals surface area contributed by atoms with Gasteiger partial charge >= 0.3 is 5.91 Å². The Morgan fingerprint density at radius 3 is 3.48 bits per heavy atom. The fraction of sp³-hybridized carbons (Fsp3) is 0.500. The average molecular weight is 325 g/mol. The predicted octanol–water partition coefficient (Wildman–Crippen LogP) is 1.55. The van der Waals surface area contributed by atoms with Gasteiger partial charge in [-0.3, -0.25) is 4.79 Å². The number of hydrogen-bond donors (Lipinski definition) is 1. The zero-order valence-corrected chi connectivity index (χ0v) is 11.9. The number of likely N-dealkylation sites (tertiary alicyclic amines) is 1. The highest BCUT2D eigenvalue weighted by atomic mass is 16.2. The second-order valence-electron chi connectivity index (χ2n) is 4.54. The van der Waals surface area contributed by atoms with Crippen molar-refractivity contribution in [3.8, 4) is 0 Å². The normalized spacial score (nSPS) is 40.4. The third kappa shape index (κ3) is 2.84. The number of carbonyl (C=O) groups is 1. The average Bonchev–Trinajstić information content (AvgIpc) is 3.18. The lowest BCUT2D eigenvalue weighted by atomic mass is 9.92. The minimum Gasteiger partial charge on any atom is -0.354 e. The number of likely N-dealkylation sites (N-methyl/N-ethyl adjacent to an activating group) is 1. The van der Waals surface area contributed by atoms with Crippen LogP contribution in [0.2, 0.25) is 0 Å². The molecule has 2 aromatic heterocycles. The van der Waals surface area contributed by atoms with E-state index in [2.05, 4.69) is 19.8 Å². The van der Waals surface area contributed by atoms with Crippen molar-refractivity contribution in [2.45, 2.75) is 19.3 Å². The molecule has 0 spiro atoms. The number of nitrogens with zero attached hydrogens (tertiary/aromatic N) is 5. The van der Waals surface area contributed by atoms with E-state index >= 15 is 0 Å². The van der Waals surface area contributed by atoms with Crippen LogP contribution in [0.15, 0.2) is 18.6 Å². The van der Waals surface area contributed by atoms with Crippen molar-refractivity contribution in [1.29, 1.82) is 0 Å². The van der Waals surface area contributed by atoms with Gasteiger partial charge in [-0.15, -0.1) is 0 Å². The molecule has 0 aromatic carbocycles. The molecule has 2 aromatic rings. The second-order valence-corrected chi connectivity index (χ2v) is 4.54. The summed E-state index contributed by atoms with van der Waals surface area (Å²) in [5, 5.41) is 0.112. The van der Waals surface area contributed by atoms with Gasteiger partial charge in [-0.1, -0.05) is 6.85 Å². The van der Waals surface area contributed by atoms with E-state index in [0.29, 0.717) is 4.90 Å². The molecule has 23 heavy (non-hydrogen) atoms. The number of fused-ring (bicyclic) bond motifs is 1. The van der Waals surface area contributed by atoms with Gasteiger partial charge in [-0.2, -0.15) is 0 Å². The molecule has 3 heterocycles. The summed E-state index contributed by atoms with van der Waals surface area (Å²) < 4.78 is 107. The molecule has 0 bridgehead atoms. The maximum atomic E-state index is 13.0. The van der Waals surface area contributed by atoms with E-state index in [1.807, 2.05) is 0 Å². The standard InChI is InChI=1S/C16H20N6O/c1-11-5-7-22(14(23)8-17-2)9-13(11)21(3)16-12-4-6-18-15(12)19-10-20-16/h4,6,10-11,13H,5,7-9H2,1,3H3,(H,18,19,20)/t11-,13+/m1/s1/i1D3,5D2,7D2,8D2,9D2,10D,11D. The van der Waals surface area contributed by atoms with Crippen LogP contribution in [0.3, 0.4) is 0 Å². The number of hydrogen-bond acceptors (Lipinski definition) is 4. The van der Waals surface area contributed by atoms with Crippen molar-refractivity contribution >= 4 is 22.8 Å². The minimum absolute atomic E-state index is 0.0632. The molecule has 0 unspecified atom stereocenters.